The van der Waals surface area contributed by atoms with Crippen LogP contribution in [0.2, 0.25) is 5.15 Å². The van der Waals surface area contributed by atoms with Crippen LogP contribution in [0.25, 0.3) is 11.3 Å². The number of nitriles is 1. The van der Waals surface area contributed by atoms with E-state index in [1.807, 2.05) is 13.8 Å². The fourth-order valence-corrected chi connectivity index (χ4v) is 2.47. The SMILES string of the molecule is CC[C@H](C)Cn1c(-c2c(F)cccc2F)c(Cl)nc(C#N)c1=O. The molecule has 0 spiro atoms. The quantitative estimate of drug-likeness (QED) is 0.853. The Labute approximate surface area is 137 Å². The smallest absolute Gasteiger partial charge is 0.287 e. The van der Waals surface area contributed by atoms with Gasteiger partial charge in [-0.1, -0.05) is 37.9 Å². The molecule has 0 bridgehead atoms. The van der Waals surface area contributed by atoms with E-state index in [1.54, 1.807) is 6.07 Å². The van der Waals surface area contributed by atoms with E-state index in [2.05, 4.69) is 4.98 Å². The van der Waals surface area contributed by atoms with Gasteiger partial charge in [0.25, 0.3) is 5.56 Å². The van der Waals surface area contributed by atoms with Crippen molar-refractivity contribution in [2.75, 3.05) is 0 Å². The maximum absolute atomic E-state index is 14.1. The highest BCUT2D eigenvalue weighted by Gasteiger charge is 2.23. The monoisotopic (exact) mass is 337 g/mol. The van der Waals surface area contributed by atoms with Crippen molar-refractivity contribution in [3.05, 3.63) is 51.0 Å². The molecule has 120 valence electrons. The summed E-state index contributed by atoms with van der Waals surface area (Å²) < 4.78 is 29.4. The number of benzene rings is 1. The van der Waals surface area contributed by atoms with E-state index in [9.17, 15) is 13.6 Å². The minimum atomic E-state index is -0.851. The van der Waals surface area contributed by atoms with E-state index < -0.39 is 28.5 Å². The Bertz CT molecular complexity index is 822. The van der Waals surface area contributed by atoms with E-state index >= 15 is 0 Å². The van der Waals surface area contributed by atoms with Crippen LogP contribution in [-0.2, 0) is 6.54 Å². The Kier molecular flexibility index (Phi) is 5.12. The van der Waals surface area contributed by atoms with Gasteiger partial charge in [-0.2, -0.15) is 5.26 Å². The van der Waals surface area contributed by atoms with Crippen molar-refractivity contribution in [2.24, 2.45) is 5.92 Å². The normalized spacial score (nSPS) is 12.0. The van der Waals surface area contributed by atoms with Gasteiger partial charge in [-0.25, -0.2) is 13.8 Å². The molecule has 0 saturated heterocycles. The first-order valence-electron chi connectivity index (χ1n) is 7.05. The maximum atomic E-state index is 14.1. The third-order valence-electron chi connectivity index (χ3n) is 3.62. The van der Waals surface area contributed by atoms with E-state index in [0.717, 1.165) is 23.1 Å². The van der Waals surface area contributed by atoms with Crippen LogP contribution < -0.4 is 5.56 Å². The van der Waals surface area contributed by atoms with Gasteiger partial charge in [-0.15, -0.1) is 0 Å². The first-order chi connectivity index (χ1) is 10.9. The molecule has 0 N–H and O–H groups in total. The van der Waals surface area contributed by atoms with Crippen molar-refractivity contribution in [3.63, 3.8) is 0 Å². The van der Waals surface area contributed by atoms with Crippen molar-refractivity contribution < 1.29 is 8.78 Å². The molecule has 1 aromatic heterocycles. The molecule has 2 aromatic rings. The second-order valence-corrected chi connectivity index (χ2v) is 5.60. The predicted molar refractivity (Wildman–Crippen MR) is 83.0 cm³/mol. The summed E-state index contributed by atoms with van der Waals surface area (Å²) in [4.78, 5) is 16.1. The lowest BCUT2D eigenvalue weighted by Crippen LogP contribution is -2.28. The zero-order valence-corrected chi connectivity index (χ0v) is 13.4. The van der Waals surface area contributed by atoms with Crippen LogP contribution in [0, 0.1) is 28.9 Å². The van der Waals surface area contributed by atoms with Crippen LogP contribution in [0.4, 0.5) is 8.78 Å². The zero-order chi connectivity index (χ0) is 17.1. The van der Waals surface area contributed by atoms with Crippen LogP contribution in [0.5, 0.6) is 0 Å². The van der Waals surface area contributed by atoms with Crippen LogP contribution in [0.15, 0.2) is 23.0 Å². The third kappa shape index (κ3) is 3.25. The lowest BCUT2D eigenvalue weighted by Gasteiger charge is -2.18. The summed E-state index contributed by atoms with van der Waals surface area (Å²) in [6, 6.07) is 5.03. The number of rotatable bonds is 4. The van der Waals surface area contributed by atoms with E-state index in [1.165, 1.54) is 6.07 Å². The minimum Gasteiger partial charge on any atom is -0.302 e. The third-order valence-corrected chi connectivity index (χ3v) is 3.88. The molecular weight excluding hydrogens is 324 g/mol. The molecule has 23 heavy (non-hydrogen) atoms. The van der Waals surface area contributed by atoms with Crippen LogP contribution in [0.3, 0.4) is 0 Å². The molecule has 4 nitrogen and oxygen atoms in total. The lowest BCUT2D eigenvalue weighted by atomic mass is 10.1. The Morgan fingerprint density at radius 2 is 2.00 bits per heavy atom. The molecule has 0 radical (unpaired) electrons. The second-order valence-electron chi connectivity index (χ2n) is 5.24. The topological polar surface area (TPSA) is 58.7 Å². The average Bonchev–Trinajstić information content (AvgIpc) is 2.52. The van der Waals surface area contributed by atoms with Crippen LogP contribution >= 0.6 is 11.6 Å². The highest BCUT2D eigenvalue weighted by Crippen LogP contribution is 2.30. The maximum Gasteiger partial charge on any atom is 0.287 e. The van der Waals surface area contributed by atoms with E-state index in [-0.39, 0.29) is 23.3 Å². The highest BCUT2D eigenvalue weighted by molar-refractivity contribution is 6.31. The number of aromatic nitrogens is 2. The van der Waals surface area contributed by atoms with E-state index in [4.69, 9.17) is 16.9 Å². The molecule has 0 aliphatic heterocycles. The molecular formula is C16H14ClF2N3O. The lowest BCUT2D eigenvalue weighted by molar-refractivity contribution is 0.459. The minimum absolute atomic E-state index is 0.0475. The standard InChI is InChI=1S/C16H14ClF2N3O/c1-3-9(2)8-22-14(13-10(18)5-4-6-11(13)19)15(17)21-12(7-20)16(22)23/h4-6,9H,3,8H2,1-2H3/t9-/m0/s1. The molecule has 0 amide bonds. The fourth-order valence-electron chi connectivity index (χ4n) is 2.19. The first-order valence-corrected chi connectivity index (χ1v) is 7.43. The van der Waals surface area contributed by atoms with Gasteiger partial charge in [-0.3, -0.25) is 4.79 Å². The molecule has 0 saturated carbocycles. The van der Waals surface area contributed by atoms with Crippen LogP contribution in [0.1, 0.15) is 26.0 Å². The molecule has 1 aromatic carbocycles. The average molecular weight is 338 g/mol. The number of nitrogens with zero attached hydrogens (tertiary/aromatic N) is 3. The Morgan fingerprint density at radius 3 is 2.52 bits per heavy atom. The summed E-state index contributed by atoms with van der Waals surface area (Å²) in [6.45, 7) is 3.98. The largest absolute Gasteiger partial charge is 0.302 e. The number of halogens is 3. The molecule has 1 atom stereocenters. The molecule has 0 fully saturated rings. The second kappa shape index (κ2) is 6.88. The molecule has 0 aliphatic carbocycles. The summed E-state index contributed by atoms with van der Waals surface area (Å²) >= 11 is 6.04. The summed E-state index contributed by atoms with van der Waals surface area (Å²) in [6.07, 6.45) is 0.744. The van der Waals surface area contributed by atoms with Crippen molar-refractivity contribution >= 4 is 11.6 Å². The van der Waals surface area contributed by atoms with Crippen molar-refractivity contribution in [1.29, 1.82) is 5.26 Å². The van der Waals surface area contributed by atoms with Gasteiger partial charge in [0, 0.05) is 6.54 Å². The Balaban J connectivity index is 2.85. The van der Waals surface area contributed by atoms with Gasteiger partial charge in [0.05, 0.1) is 11.3 Å². The molecule has 0 aliphatic rings. The summed E-state index contributed by atoms with van der Waals surface area (Å²) in [7, 11) is 0. The summed E-state index contributed by atoms with van der Waals surface area (Å²) in [5.41, 5.74) is -1.69. The van der Waals surface area contributed by atoms with Crippen molar-refractivity contribution in [2.45, 2.75) is 26.8 Å². The number of hydrogen-bond donors (Lipinski definition) is 0. The van der Waals surface area contributed by atoms with Gasteiger partial charge < -0.3 is 4.57 Å². The molecule has 2 rings (SSSR count). The highest BCUT2D eigenvalue weighted by atomic mass is 35.5. The molecule has 1 heterocycles. The van der Waals surface area contributed by atoms with Gasteiger partial charge in [-0.05, 0) is 18.1 Å². The molecule has 7 heteroatoms. The Morgan fingerprint density at radius 1 is 1.39 bits per heavy atom. The predicted octanol–water partition coefficient (Wildman–Crippen LogP) is 3.76. The summed E-state index contributed by atoms with van der Waals surface area (Å²) in [5.74, 6) is -1.65. The van der Waals surface area contributed by atoms with Gasteiger partial charge in [0.15, 0.2) is 5.15 Å². The van der Waals surface area contributed by atoms with Crippen molar-refractivity contribution in [1.82, 2.24) is 9.55 Å². The van der Waals surface area contributed by atoms with Gasteiger partial charge in [0.1, 0.15) is 17.7 Å². The first kappa shape index (κ1) is 17.1. The van der Waals surface area contributed by atoms with Crippen molar-refractivity contribution in [3.8, 4) is 17.3 Å². The van der Waals surface area contributed by atoms with E-state index in [0.29, 0.717) is 0 Å². The Hall–Kier alpha value is -2.26. The zero-order valence-electron chi connectivity index (χ0n) is 12.6. The fraction of sp³-hybridized carbons (Fsp3) is 0.312. The summed E-state index contributed by atoms with van der Waals surface area (Å²) in [5, 5.41) is 8.71. The van der Waals surface area contributed by atoms with Gasteiger partial charge in [0.2, 0.25) is 5.69 Å². The molecule has 0 unspecified atom stereocenters. The van der Waals surface area contributed by atoms with Crippen LogP contribution in [-0.4, -0.2) is 9.55 Å². The number of hydrogen-bond acceptors (Lipinski definition) is 3. The van der Waals surface area contributed by atoms with Gasteiger partial charge >= 0.3 is 0 Å².